The first kappa shape index (κ1) is 23.0. The minimum atomic E-state index is -3.57. The van der Waals surface area contributed by atoms with Gasteiger partial charge in [-0.2, -0.15) is 4.98 Å². The number of anilines is 1. The number of likely N-dealkylation sites (N-methyl/N-ethyl adjacent to an activating group) is 2. The summed E-state index contributed by atoms with van der Waals surface area (Å²) in [5, 5.41) is 5.71. The van der Waals surface area contributed by atoms with E-state index in [0.29, 0.717) is 29.7 Å². The number of hydrogen-bond acceptors (Lipinski definition) is 6. The first-order valence-electron chi connectivity index (χ1n) is 9.82. The summed E-state index contributed by atoms with van der Waals surface area (Å²) in [6, 6.07) is 7.54. The Balaban J connectivity index is 2.20. The number of ether oxygens (including phenoxy) is 1. The lowest BCUT2D eigenvalue weighted by Gasteiger charge is -2.30. The fraction of sp³-hybridized carbons (Fsp3) is 0.429. The Morgan fingerprint density at radius 2 is 1.94 bits per heavy atom. The zero-order valence-corrected chi connectivity index (χ0v) is 19.0. The maximum absolute atomic E-state index is 13.5. The van der Waals surface area contributed by atoms with E-state index in [4.69, 9.17) is 4.74 Å². The van der Waals surface area contributed by atoms with Crippen LogP contribution in [-0.2, 0) is 26.8 Å². The molecule has 0 spiro atoms. The fourth-order valence-electron chi connectivity index (χ4n) is 3.81. The van der Waals surface area contributed by atoms with Crippen LogP contribution < -0.4 is 19.7 Å². The molecule has 1 aromatic heterocycles. The number of sulfonamides is 1. The number of nitrogens with one attached hydrogen (secondary N) is 2. The topological polar surface area (TPSA) is 101 Å². The maximum Gasteiger partial charge on any atom is 0.233 e. The van der Waals surface area contributed by atoms with Crippen molar-refractivity contribution in [3.63, 3.8) is 0 Å². The number of pyridine rings is 1. The molecular formula is C21H27FN4O4S. The standard InChI is InChI=1S/C21H27FN4O4S/c1-21(14-6-8-15(22)9-7-14)17(19(27)24-3)16-12-13(10-11-23-2)18(25-20(16)30-21)26(4)31(5,28)29/h6-9,12,17,23H,10-11H2,1-5H3,(H,24,27). The van der Waals surface area contributed by atoms with Crippen molar-refractivity contribution in [2.45, 2.75) is 24.9 Å². The lowest BCUT2D eigenvalue weighted by Crippen LogP contribution is -2.40. The second kappa shape index (κ2) is 8.43. The Morgan fingerprint density at radius 1 is 1.29 bits per heavy atom. The number of hydrogen-bond donors (Lipinski definition) is 2. The summed E-state index contributed by atoms with van der Waals surface area (Å²) in [6.45, 7) is 2.33. The molecule has 1 aliphatic rings. The fourth-order valence-corrected chi connectivity index (χ4v) is 4.28. The van der Waals surface area contributed by atoms with Gasteiger partial charge < -0.3 is 15.4 Å². The van der Waals surface area contributed by atoms with Gasteiger partial charge in [0.05, 0.1) is 6.26 Å². The van der Waals surface area contributed by atoms with E-state index in [0.717, 1.165) is 10.6 Å². The highest BCUT2D eigenvalue weighted by molar-refractivity contribution is 7.92. The number of benzene rings is 1. The minimum Gasteiger partial charge on any atom is -0.465 e. The van der Waals surface area contributed by atoms with E-state index in [-0.39, 0.29) is 17.6 Å². The van der Waals surface area contributed by atoms with Crippen molar-refractivity contribution >= 4 is 21.7 Å². The summed E-state index contributed by atoms with van der Waals surface area (Å²) in [6.07, 6.45) is 1.60. The number of halogens is 1. The molecule has 1 aromatic carbocycles. The van der Waals surface area contributed by atoms with Gasteiger partial charge in [-0.15, -0.1) is 0 Å². The van der Waals surface area contributed by atoms with Crippen LogP contribution >= 0.6 is 0 Å². The van der Waals surface area contributed by atoms with Gasteiger partial charge in [0.25, 0.3) is 0 Å². The van der Waals surface area contributed by atoms with Crippen molar-refractivity contribution in [2.75, 3.05) is 38.2 Å². The predicted octanol–water partition coefficient (Wildman–Crippen LogP) is 1.52. The molecule has 2 atom stereocenters. The molecule has 31 heavy (non-hydrogen) atoms. The number of carbonyl (C=O) groups excluding carboxylic acids is 1. The van der Waals surface area contributed by atoms with Crippen molar-refractivity contribution in [3.8, 4) is 5.88 Å². The molecule has 0 bridgehead atoms. The van der Waals surface area contributed by atoms with Crippen molar-refractivity contribution < 1.29 is 22.3 Å². The third-order valence-electron chi connectivity index (χ3n) is 5.61. The highest BCUT2D eigenvalue weighted by atomic mass is 32.2. The van der Waals surface area contributed by atoms with Gasteiger partial charge in [-0.3, -0.25) is 9.10 Å². The number of rotatable bonds is 7. The van der Waals surface area contributed by atoms with Crippen molar-refractivity contribution in [1.29, 1.82) is 0 Å². The van der Waals surface area contributed by atoms with E-state index in [2.05, 4.69) is 15.6 Å². The number of aromatic nitrogens is 1. The van der Waals surface area contributed by atoms with Gasteiger partial charge in [-0.25, -0.2) is 12.8 Å². The zero-order chi connectivity index (χ0) is 23.0. The Labute approximate surface area is 181 Å². The first-order valence-corrected chi connectivity index (χ1v) is 11.7. The molecule has 0 saturated heterocycles. The number of carbonyl (C=O) groups is 1. The summed E-state index contributed by atoms with van der Waals surface area (Å²) in [4.78, 5) is 17.4. The molecule has 0 fully saturated rings. The van der Waals surface area contributed by atoms with Gasteiger partial charge in [0.15, 0.2) is 0 Å². The summed E-state index contributed by atoms with van der Waals surface area (Å²) in [5.41, 5.74) is 0.686. The van der Waals surface area contributed by atoms with Crippen LogP contribution in [0.5, 0.6) is 5.88 Å². The Hall–Kier alpha value is -2.72. The quantitative estimate of drug-likeness (QED) is 0.663. The summed E-state index contributed by atoms with van der Waals surface area (Å²) >= 11 is 0. The molecule has 1 amide bonds. The Kier molecular flexibility index (Phi) is 6.24. The van der Waals surface area contributed by atoms with Crippen molar-refractivity contribution in [2.24, 2.45) is 0 Å². The third kappa shape index (κ3) is 4.22. The summed E-state index contributed by atoms with van der Waals surface area (Å²) in [5.74, 6) is -1.01. The first-order chi connectivity index (χ1) is 14.5. The molecule has 2 aromatic rings. The van der Waals surface area contributed by atoms with Gasteiger partial charge in [0, 0.05) is 19.7 Å². The van der Waals surface area contributed by atoms with Crippen molar-refractivity contribution in [1.82, 2.24) is 15.6 Å². The van der Waals surface area contributed by atoms with Crippen LogP contribution in [0.1, 0.15) is 29.5 Å². The van der Waals surface area contributed by atoms with Gasteiger partial charge in [0.1, 0.15) is 23.2 Å². The maximum atomic E-state index is 13.5. The highest BCUT2D eigenvalue weighted by Crippen LogP contribution is 2.50. The third-order valence-corrected chi connectivity index (χ3v) is 6.78. The SMILES string of the molecule is CNCCc1cc2c(nc1N(C)S(C)(=O)=O)OC(C)(c1ccc(F)cc1)C2C(=O)NC. The Morgan fingerprint density at radius 3 is 2.48 bits per heavy atom. The van der Waals surface area contributed by atoms with E-state index in [1.807, 2.05) is 0 Å². The summed E-state index contributed by atoms with van der Waals surface area (Å²) < 4.78 is 45.2. The lowest BCUT2D eigenvalue weighted by molar-refractivity contribution is -0.125. The van der Waals surface area contributed by atoms with Crippen LogP contribution in [0, 0.1) is 5.82 Å². The smallest absolute Gasteiger partial charge is 0.233 e. The second-order valence-corrected chi connectivity index (χ2v) is 9.73. The predicted molar refractivity (Wildman–Crippen MR) is 116 cm³/mol. The monoisotopic (exact) mass is 450 g/mol. The summed E-state index contributed by atoms with van der Waals surface area (Å²) in [7, 11) is 1.19. The normalized spacial score (nSPS) is 20.1. The molecule has 3 rings (SSSR count). The van der Waals surface area contributed by atoms with E-state index >= 15 is 0 Å². The molecule has 0 radical (unpaired) electrons. The van der Waals surface area contributed by atoms with Gasteiger partial charge in [-0.1, -0.05) is 12.1 Å². The van der Waals surface area contributed by atoms with Gasteiger partial charge in [-0.05, 0) is 56.3 Å². The Bertz CT molecular complexity index is 1090. The molecule has 0 saturated carbocycles. The van der Waals surface area contributed by atoms with Crippen LogP contribution in [0.25, 0.3) is 0 Å². The minimum absolute atomic E-state index is 0.180. The number of amides is 1. The second-order valence-electron chi connectivity index (χ2n) is 7.71. The molecule has 1 aliphatic heterocycles. The van der Waals surface area contributed by atoms with E-state index in [1.165, 1.54) is 26.2 Å². The highest BCUT2D eigenvalue weighted by Gasteiger charge is 2.51. The number of nitrogens with zero attached hydrogens (tertiary/aromatic N) is 2. The zero-order valence-electron chi connectivity index (χ0n) is 18.2. The van der Waals surface area contributed by atoms with Crippen molar-refractivity contribution in [3.05, 3.63) is 52.8 Å². The van der Waals surface area contributed by atoms with E-state index < -0.39 is 27.4 Å². The van der Waals surface area contributed by atoms with E-state index in [9.17, 15) is 17.6 Å². The molecule has 2 heterocycles. The van der Waals surface area contributed by atoms with Crippen LogP contribution in [0.3, 0.4) is 0 Å². The lowest BCUT2D eigenvalue weighted by atomic mass is 9.79. The van der Waals surface area contributed by atoms with Gasteiger partial charge >= 0.3 is 0 Å². The number of fused-ring (bicyclic) bond motifs is 1. The van der Waals surface area contributed by atoms with Gasteiger partial charge in [0.2, 0.25) is 21.8 Å². The molecule has 2 N–H and O–H groups in total. The van der Waals surface area contributed by atoms with Crippen LogP contribution in [0.2, 0.25) is 0 Å². The van der Waals surface area contributed by atoms with Crippen LogP contribution in [-0.4, -0.2) is 53.3 Å². The largest absolute Gasteiger partial charge is 0.465 e. The molecule has 10 heteroatoms. The van der Waals surface area contributed by atoms with E-state index in [1.54, 1.807) is 32.2 Å². The average molecular weight is 451 g/mol. The molecular weight excluding hydrogens is 423 g/mol. The molecule has 8 nitrogen and oxygen atoms in total. The molecule has 2 unspecified atom stereocenters. The average Bonchev–Trinajstić information content (AvgIpc) is 3.02. The van der Waals surface area contributed by atoms with Crippen LogP contribution in [0.4, 0.5) is 10.2 Å². The molecule has 168 valence electrons. The molecule has 0 aliphatic carbocycles. The van der Waals surface area contributed by atoms with Crippen LogP contribution in [0.15, 0.2) is 30.3 Å².